The van der Waals surface area contributed by atoms with Gasteiger partial charge in [-0.3, -0.25) is 4.99 Å². The molecule has 0 aliphatic heterocycles. The fraction of sp³-hybridized carbons (Fsp3) is 0.316. The number of ether oxygens (including phenoxy) is 1. The Kier molecular flexibility index (Phi) is 9.41. The predicted molar refractivity (Wildman–Crippen MR) is 111 cm³/mol. The molecule has 0 atom stereocenters. The van der Waals surface area contributed by atoms with Gasteiger partial charge < -0.3 is 15.4 Å². The number of nitrogens with zero attached hydrogens (tertiary/aromatic N) is 1. The number of guanidine groups is 1. The van der Waals surface area contributed by atoms with Gasteiger partial charge in [-0.1, -0.05) is 54.1 Å². The van der Waals surface area contributed by atoms with Crippen molar-refractivity contribution >= 4 is 29.9 Å². The highest BCUT2D eigenvalue weighted by molar-refractivity contribution is 14.0. The van der Waals surface area contributed by atoms with E-state index in [-0.39, 0.29) is 24.0 Å². The molecule has 0 aliphatic carbocycles. The molecule has 0 amide bonds. The number of aliphatic imine (C=N–C) groups is 1. The molecule has 0 aliphatic rings. The van der Waals surface area contributed by atoms with Gasteiger partial charge in [0.1, 0.15) is 0 Å². The highest BCUT2D eigenvalue weighted by atomic mass is 127. The van der Waals surface area contributed by atoms with Gasteiger partial charge in [0.25, 0.3) is 0 Å². The summed E-state index contributed by atoms with van der Waals surface area (Å²) >= 11 is 0. The van der Waals surface area contributed by atoms with Gasteiger partial charge in [0, 0.05) is 27.2 Å². The van der Waals surface area contributed by atoms with Gasteiger partial charge in [-0.25, -0.2) is 0 Å². The molecule has 0 spiro atoms. The van der Waals surface area contributed by atoms with Crippen LogP contribution in [0.2, 0.25) is 0 Å². The van der Waals surface area contributed by atoms with Crippen molar-refractivity contribution in [2.24, 2.45) is 4.99 Å². The molecular weight excluding hydrogens is 413 g/mol. The van der Waals surface area contributed by atoms with Gasteiger partial charge >= 0.3 is 0 Å². The number of hydrogen-bond donors (Lipinski definition) is 2. The molecule has 0 aromatic heterocycles. The number of rotatable bonds is 6. The van der Waals surface area contributed by atoms with Crippen molar-refractivity contribution in [3.8, 4) is 0 Å². The number of methoxy groups -OCH3 is 1. The van der Waals surface area contributed by atoms with E-state index in [1.165, 1.54) is 22.3 Å². The van der Waals surface area contributed by atoms with Gasteiger partial charge in [0.15, 0.2) is 5.96 Å². The second kappa shape index (κ2) is 11.0. The summed E-state index contributed by atoms with van der Waals surface area (Å²) in [5.74, 6) is 0.790. The monoisotopic (exact) mass is 439 g/mol. The molecule has 0 radical (unpaired) electrons. The van der Waals surface area contributed by atoms with Gasteiger partial charge in [0.05, 0.1) is 6.61 Å². The molecule has 0 saturated heterocycles. The normalized spacial score (nSPS) is 10.9. The summed E-state index contributed by atoms with van der Waals surface area (Å²) in [6.45, 7) is 4.18. The van der Waals surface area contributed by atoms with Crippen molar-refractivity contribution < 1.29 is 4.74 Å². The molecule has 4 nitrogen and oxygen atoms in total. The molecule has 0 saturated carbocycles. The highest BCUT2D eigenvalue weighted by Gasteiger charge is 2.03. The van der Waals surface area contributed by atoms with Crippen LogP contribution in [0.3, 0.4) is 0 Å². The van der Waals surface area contributed by atoms with E-state index in [4.69, 9.17) is 4.74 Å². The smallest absolute Gasteiger partial charge is 0.191 e. The van der Waals surface area contributed by atoms with Crippen LogP contribution in [0.15, 0.2) is 53.5 Å². The third kappa shape index (κ3) is 6.49. The van der Waals surface area contributed by atoms with Gasteiger partial charge in [-0.05, 0) is 23.6 Å². The fourth-order valence-corrected chi connectivity index (χ4v) is 2.32. The van der Waals surface area contributed by atoms with Gasteiger partial charge in [-0.15, -0.1) is 24.0 Å². The van der Waals surface area contributed by atoms with Crippen molar-refractivity contribution in [3.63, 3.8) is 0 Å². The third-order valence-electron chi connectivity index (χ3n) is 3.67. The van der Waals surface area contributed by atoms with Crippen LogP contribution >= 0.6 is 24.0 Å². The molecule has 0 fully saturated rings. The Morgan fingerprint density at radius 1 is 0.958 bits per heavy atom. The number of aryl methyl sites for hydroxylation is 1. The first kappa shape index (κ1) is 20.4. The first-order chi connectivity index (χ1) is 11.2. The molecule has 2 rings (SSSR count). The topological polar surface area (TPSA) is 45.7 Å². The Balaban J connectivity index is 0.00000288. The predicted octanol–water partition coefficient (Wildman–Crippen LogP) is 3.62. The zero-order valence-electron chi connectivity index (χ0n) is 14.5. The number of nitrogens with one attached hydrogen (secondary N) is 2. The molecule has 24 heavy (non-hydrogen) atoms. The zero-order chi connectivity index (χ0) is 16.5. The van der Waals surface area contributed by atoms with E-state index in [9.17, 15) is 0 Å². The number of halogens is 1. The summed E-state index contributed by atoms with van der Waals surface area (Å²) in [6, 6.07) is 16.8. The maximum Gasteiger partial charge on any atom is 0.191 e. The van der Waals surface area contributed by atoms with E-state index in [0.717, 1.165) is 12.5 Å². The van der Waals surface area contributed by atoms with Gasteiger partial charge in [-0.2, -0.15) is 0 Å². The second-order valence-corrected chi connectivity index (χ2v) is 5.47. The van der Waals surface area contributed by atoms with Crippen LogP contribution < -0.4 is 10.6 Å². The molecule has 2 aromatic rings. The Hall–Kier alpha value is -1.60. The first-order valence-corrected chi connectivity index (χ1v) is 7.78. The fourth-order valence-electron chi connectivity index (χ4n) is 2.32. The molecule has 0 heterocycles. The SMILES string of the molecule is CN=C(NCc1ccc(C)cc1)NCc1ccccc1COC.I. The quantitative estimate of drug-likeness (QED) is 0.411. The van der Waals surface area contributed by atoms with E-state index < -0.39 is 0 Å². The lowest BCUT2D eigenvalue weighted by Crippen LogP contribution is -2.36. The van der Waals surface area contributed by atoms with Gasteiger partial charge in [0.2, 0.25) is 0 Å². The van der Waals surface area contributed by atoms with Crippen LogP contribution in [0.4, 0.5) is 0 Å². The van der Waals surface area contributed by atoms with Crippen LogP contribution in [-0.4, -0.2) is 20.1 Å². The Bertz CT molecular complexity index is 641. The van der Waals surface area contributed by atoms with Crippen molar-refractivity contribution in [1.29, 1.82) is 0 Å². The largest absolute Gasteiger partial charge is 0.380 e. The lowest BCUT2D eigenvalue weighted by atomic mass is 10.1. The van der Waals surface area contributed by atoms with Crippen molar-refractivity contribution in [2.75, 3.05) is 14.2 Å². The lowest BCUT2D eigenvalue weighted by molar-refractivity contribution is 0.184. The standard InChI is InChI=1S/C19H25N3O.HI/c1-15-8-10-16(11-9-15)12-21-19(20-2)22-13-17-6-4-5-7-18(17)14-23-3;/h4-11H,12-14H2,1-3H3,(H2,20,21,22);1H. The van der Waals surface area contributed by atoms with E-state index in [1.807, 2.05) is 12.1 Å². The molecule has 130 valence electrons. The summed E-state index contributed by atoms with van der Waals surface area (Å²) in [5.41, 5.74) is 4.91. The van der Waals surface area contributed by atoms with Crippen LogP contribution in [0.25, 0.3) is 0 Å². The van der Waals surface area contributed by atoms with E-state index in [0.29, 0.717) is 13.2 Å². The number of benzene rings is 2. The summed E-state index contributed by atoms with van der Waals surface area (Å²) in [4.78, 5) is 4.27. The molecular formula is C19H26IN3O. The Labute approximate surface area is 161 Å². The maximum absolute atomic E-state index is 5.24. The van der Waals surface area contributed by atoms with Crippen LogP contribution in [0.1, 0.15) is 22.3 Å². The molecule has 2 aromatic carbocycles. The molecule has 0 bridgehead atoms. The Morgan fingerprint density at radius 2 is 1.58 bits per heavy atom. The Morgan fingerprint density at radius 3 is 2.21 bits per heavy atom. The van der Waals surface area contributed by atoms with Crippen LogP contribution in [0.5, 0.6) is 0 Å². The second-order valence-electron chi connectivity index (χ2n) is 5.47. The minimum atomic E-state index is 0. The van der Waals surface area contributed by atoms with Crippen LogP contribution in [0, 0.1) is 6.92 Å². The van der Waals surface area contributed by atoms with Crippen LogP contribution in [-0.2, 0) is 24.4 Å². The average Bonchev–Trinajstić information content (AvgIpc) is 2.58. The minimum Gasteiger partial charge on any atom is -0.380 e. The molecule has 0 unspecified atom stereocenters. The summed E-state index contributed by atoms with van der Waals surface area (Å²) in [7, 11) is 3.50. The van der Waals surface area contributed by atoms with E-state index >= 15 is 0 Å². The first-order valence-electron chi connectivity index (χ1n) is 7.78. The van der Waals surface area contributed by atoms with E-state index in [2.05, 4.69) is 58.9 Å². The zero-order valence-corrected chi connectivity index (χ0v) is 16.8. The lowest BCUT2D eigenvalue weighted by Gasteiger charge is -2.14. The third-order valence-corrected chi connectivity index (χ3v) is 3.67. The molecule has 2 N–H and O–H groups in total. The average molecular weight is 439 g/mol. The summed E-state index contributed by atoms with van der Waals surface area (Å²) in [6.07, 6.45) is 0. The highest BCUT2D eigenvalue weighted by Crippen LogP contribution is 2.09. The molecule has 5 heteroatoms. The summed E-state index contributed by atoms with van der Waals surface area (Å²) in [5, 5.41) is 6.68. The minimum absolute atomic E-state index is 0. The van der Waals surface area contributed by atoms with Crippen molar-refractivity contribution in [1.82, 2.24) is 10.6 Å². The van der Waals surface area contributed by atoms with Crippen molar-refractivity contribution in [3.05, 3.63) is 70.8 Å². The number of hydrogen-bond acceptors (Lipinski definition) is 2. The van der Waals surface area contributed by atoms with E-state index in [1.54, 1.807) is 14.2 Å². The maximum atomic E-state index is 5.24. The summed E-state index contributed by atoms with van der Waals surface area (Å²) < 4.78 is 5.24. The van der Waals surface area contributed by atoms with Crippen molar-refractivity contribution in [2.45, 2.75) is 26.6 Å².